The molecule has 0 aromatic carbocycles. The molecule has 0 aliphatic rings. The Morgan fingerprint density at radius 1 is 0.895 bits per heavy atom. The van der Waals surface area contributed by atoms with Crippen LogP contribution in [-0.4, -0.2) is 77.4 Å². The average molecular weight is 278 g/mol. The SMILES string of the molecule is CNCCNCCOCCOCCOCCC(=O)O. The first kappa shape index (κ1) is 18.3. The first-order valence-electron chi connectivity index (χ1n) is 6.57. The minimum atomic E-state index is -0.849. The summed E-state index contributed by atoms with van der Waals surface area (Å²) in [6.45, 7) is 5.58. The lowest BCUT2D eigenvalue weighted by Crippen LogP contribution is -2.28. The van der Waals surface area contributed by atoms with E-state index in [-0.39, 0.29) is 13.0 Å². The third-order valence-electron chi connectivity index (χ3n) is 2.18. The van der Waals surface area contributed by atoms with Crippen molar-refractivity contribution in [2.45, 2.75) is 6.42 Å². The third kappa shape index (κ3) is 17.3. The van der Waals surface area contributed by atoms with E-state index in [0.717, 1.165) is 19.6 Å². The molecule has 7 heteroatoms. The second-order valence-electron chi connectivity index (χ2n) is 3.83. The van der Waals surface area contributed by atoms with Crippen LogP contribution in [0.25, 0.3) is 0 Å². The lowest BCUT2D eigenvalue weighted by molar-refractivity contribution is -0.138. The molecule has 0 amide bonds. The molecule has 19 heavy (non-hydrogen) atoms. The van der Waals surface area contributed by atoms with Crippen LogP contribution in [-0.2, 0) is 19.0 Å². The van der Waals surface area contributed by atoms with Gasteiger partial charge in [0, 0.05) is 19.6 Å². The predicted octanol–water partition coefficient (Wildman–Crippen LogP) is -0.680. The van der Waals surface area contributed by atoms with Crippen LogP contribution in [0.2, 0.25) is 0 Å². The van der Waals surface area contributed by atoms with E-state index < -0.39 is 5.97 Å². The maximum Gasteiger partial charge on any atom is 0.305 e. The monoisotopic (exact) mass is 278 g/mol. The Morgan fingerprint density at radius 2 is 1.47 bits per heavy atom. The molecule has 0 aliphatic carbocycles. The molecule has 0 atom stereocenters. The smallest absolute Gasteiger partial charge is 0.305 e. The van der Waals surface area contributed by atoms with Gasteiger partial charge in [0.05, 0.1) is 46.1 Å². The van der Waals surface area contributed by atoms with Crippen LogP contribution in [0.1, 0.15) is 6.42 Å². The fraction of sp³-hybridized carbons (Fsp3) is 0.917. The Labute approximate surface area is 114 Å². The van der Waals surface area contributed by atoms with Crippen LogP contribution >= 0.6 is 0 Å². The second-order valence-corrected chi connectivity index (χ2v) is 3.83. The summed E-state index contributed by atoms with van der Waals surface area (Å²) in [4.78, 5) is 10.2. The van der Waals surface area contributed by atoms with Gasteiger partial charge in [0.1, 0.15) is 0 Å². The molecule has 0 saturated carbocycles. The number of carbonyl (C=O) groups is 1. The molecule has 0 radical (unpaired) electrons. The Balaban J connectivity index is 2.93. The fourth-order valence-corrected chi connectivity index (χ4v) is 1.18. The number of carboxylic acid groups (broad SMARTS) is 1. The lowest BCUT2D eigenvalue weighted by Gasteiger charge is -2.07. The molecule has 0 bridgehead atoms. The van der Waals surface area contributed by atoms with E-state index >= 15 is 0 Å². The number of nitrogens with one attached hydrogen (secondary N) is 2. The van der Waals surface area contributed by atoms with Gasteiger partial charge in [0.25, 0.3) is 0 Å². The van der Waals surface area contributed by atoms with Crippen molar-refractivity contribution in [2.24, 2.45) is 0 Å². The zero-order valence-corrected chi connectivity index (χ0v) is 11.7. The zero-order valence-electron chi connectivity index (χ0n) is 11.7. The summed E-state index contributed by atoms with van der Waals surface area (Å²) in [6, 6.07) is 0. The van der Waals surface area contributed by atoms with Crippen LogP contribution in [0, 0.1) is 0 Å². The summed E-state index contributed by atoms with van der Waals surface area (Å²) in [5.74, 6) is -0.849. The van der Waals surface area contributed by atoms with Crippen molar-refractivity contribution in [2.75, 3.05) is 66.3 Å². The van der Waals surface area contributed by atoms with E-state index in [1.54, 1.807) is 0 Å². The quantitative estimate of drug-likeness (QED) is 0.342. The molecule has 114 valence electrons. The number of ether oxygens (including phenoxy) is 3. The molecule has 0 unspecified atom stereocenters. The molecular formula is C12H26N2O5. The highest BCUT2D eigenvalue weighted by atomic mass is 16.5. The largest absolute Gasteiger partial charge is 0.481 e. The predicted molar refractivity (Wildman–Crippen MR) is 71.5 cm³/mol. The van der Waals surface area contributed by atoms with Crippen LogP contribution in [0.4, 0.5) is 0 Å². The van der Waals surface area contributed by atoms with Crippen molar-refractivity contribution in [3.05, 3.63) is 0 Å². The first-order chi connectivity index (χ1) is 9.27. The van der Waals surface area contributed by atoms with E-state index in [0.29, 0.717) is 33.0 Å². The average Bonchev–Trinajstić information content (AvgIpc) is 2.39. The van der Waals surface area contributed by atoms with Crippen molar-refractivity contribution in [3.8, 4) is 0 Å². The Bertz CT molecular complexity index is 205. The van der Waals surface area contributed by atoms with Crippen LogP contribution in [0.15, 0.2) is 0 Å². The standard InChI is InChI=1S/C12H26N2O5/c1-13-3-4-14-5-7-18-9-11-19-10-8-17-6-2-12(15)16/h13-14H,2-11H2,1H3,(H,15,16). The zero-order chi connectivity index (χ0) is 14.2. The highest BCUT2D eigenvalue weighted by Gasteiger charge is 1.96. The van der Waals surface area contributed by atoms with Gasteiger partial charge < -0.3 is 30.0 Å². The van der Waals surface area contributed by atoms with Crippen LogP contribution in [0.5, 0.6) is 0 Å². The summed E-state index contributed by atoms with van der Waals surface area (Å²) in [5.41, 5.74) is 0. The number of likely N-dealkylation sites (N-methyl/N-ethyl adjacent to an activating group) is 1. The summed E-state index contributed by atoms with van der Waals surface area (Å²) in [5, 5.41) is 14.6. The van der Waals surface area contributed by atoms with Crippen LogP contribution in [0.3, 0.4) is 0 Å². The lowest BCUT2D eigenvalue weighted by atomic mass is 10.5. The number of aliphatic carboxylic acids is 1. The highest BCUT2D eigenvalue weighted by Crippen LogP contribution is 1.84. The molecule has 0 heterocycles. The fourth-order valence-electron chi connectivity index (χ4n) is 1.18. The Kier molecular flexibility index (Phi) is 14.7. The van der Waals surface area contributed by atoms with Gasteiger partial charge in [-0.1, -0.05) is 0 Å². The maximum absolute atomic E-state index is 10.2. The van der Waals surface area contributed by atoms with E-state index in [2.05, 4.69) is 10.6 Å². The summed E-state index contributed by atoms with van der Waals surface area (Å²) in [7, 11) is 1.92. The topological polar surface area (TPSA) is 89.0 Å². The van der Waals surface area contributed by atoms with Gasteiger partial charge in [-0.05, 0) is 7.05 Å². The maximum atomic E-state index is 10.2. The molecule has 0 aliphatic heterocycles. The minimum absolute atomic E-state index is 0.0314. The highest BCUT2D eigenvalue weighted by molar-refractivity contribution is 5.66. The van der Waals surface area contributed by atoms with E-state index in [9.17, 15) is 4.79 Å². The normalized spacial score (nSPS) is 10.8. The molecule has 0 spiro atoms. The van der Waals surface area contributed by atoms with Gasteiger partial charge in [-0.2, -0.15) is 0 Å². The Hall–Kier alpha value is -0.730. The number of carboxylic acids is 1. The number of hydrogen-bond acceptors (Lipinski definition) is 6. The van der Waals surface area contributed by atoms with Gasteiger partial charge >= 0.3 is 5.97 Å². The van der Waals surface area contributed by atoms with Crippen molar-refractivity contribution in [3.63, 3.8) is 0 Å². The van der Waals surface area contributed by atoms with Crippen molar-refractivity contribution in [1.82, 2.24) is 10.6 Å². The van der Waals surface area contributed by atoms with E-state index in [1.165, 1.54) is 0 Å². The van der Waals surface area contributed by atoms with Gasteiger partial charge in [0.2, 0.25) is 0 Å². The third-order valence-corrected chi connectivity index (χ3v) is 2.18. The van der Waals surface area contributed by atoms with E-state index in [4.69, 9.17) is 19.3 Å². The van der Waals surface area contributed by atoms with E-state index in [1.807, 2.05) is 7.05 Å². The summed E-state index contributed by atoms with van der Waals surface area (Å²) >= 11 is 0. The van der Waals surface area contributed by atoms with Crippen molar-refractivity contribution >= 4 is 5.97 Å². The molecule has 7 nitrogen and oxygen atoms in total. The van der Waals surface area contributed by atoms with Crippen molar-refractivity contribution in [1.29, 1.82) is 0 Å². The second kappa shape index (κ2) is 15.3. The molecular weight excluding hydrogens is 252 g/mol. The van der Waals surface area contributed by atoms with Crippen molar-refractivity contribution < 1.29 is 24.1 Å². The van der Waals surface area contributed by atoms with Gasteiger partial charge in [-0.3, -0.25) is 4.79 Å². The molecule has 0 aromatic heterocycles. The van der Waals surface area contributed by atoms with Crippen LogP contribution < -0.4 is 10.6 Å². The molecule has 0 saturated heterocycles. The minimum Gasteiger partial charge on any atom is -0.481 e. The summed E-state index contributed by atoms with van der Waals surface area (Å²) < 4.78 is 15.7. The molecule has 0 rings (SSSR count). The van der Waals surface area contributed by atoms with Gasteiger partial charge in [0.15, 0.2) is 0 Å². The summed E-state index contributed by atoms with van der Waals surface area (Å²) in [6.07, 6.45) is 0.0314. The first-order valence-corrected chi connectivity index (χ1v) is 6.57. The van der Waals surface area contributed by atoms with Gasteiger partial charge in [-0.25, -0.2) is 0 Å². The van der Waals surface area contributed by atoms with Gasteiger partial charge in [-0.15, -0.1) is 0 Å². The Morgan fingerprint density at radius 3 is 2.05 bits per heavy atom. The molecule has 0 aromatic rings. The number of rotatable bonds is 15. The molecule has 0 fully saturated rings. The molecule has 3 N–H and O–H groups in total. The number of hydrogen-bond donors (Lipinski definition) is 3.